The van der Waals surface area contributed by atoms with E-state index >= 15 is 0 Å². The molecule has 0 spiro atoms. The van der Waals surface area contributed by atoms with Crippen LogP contribution in [-0.4, -0.2) is 29.1 Å². The summed E-state index contributed by atoms with van der Waals surface area (Å²) in [5, 5.41) is 0. The largest absolute Gasteiger partial charge is 0.469 e. The van der Waals surface area contributed by atoms with Gasteiger partial charge >= 0.3 is 5.97 Å². The molecule has 0 N–H and O–H groups in total. The second-order valence-corrected chi connectivity index (χ2v) is 7.78. The average molecular weight is 390 g/mol. The van der Waals surface area contributed by atoms with E-state index in [0.717, 1.165) is 24.9 Å². The zero-order valence-electron chi connectivity index (χ0n) is 15.2. The summed E-state index contributed by atoms with van der Waals surface area (Å²) >= 11 is 3.84. The number of carbonyl (C=O) groups excluding carboxylic acids is 1. The standard InChI is InChI=1S/C19H36BrNO2/c1-3-4-5-9-12-17-15-16-18(21(17)20)13-10-7-6-8-11-14-19(22)23-2/h17-18H,3-16H2,1-2H3. The van der Waals surface area contributed by atoms with Crippen molar-refractivity contribution in [2.75, 3.05) is 7.11 Å². The summed E-state index contributed by atoms with van der Waals surface area (Å²) in [5.74, 6) is -0.0733. The Morgan fingerprint density at radius 1 is 0.957 bits per heavy atom. The smallest absolute Gasteiger partial charge is 0.305 e. The molecule has 0 radical (unpaired) electrons. The van der Waals surface area contributed by atoms with Crippen LogP contribution >= 0.6 is 16.1 Å². The summed E-state index contributed by atoms with van der Waals surface area (Å²) in [6.45, 7) is 2.28. The van der Waals surface area contributed by atoms with Crippen LogP contribution in [0.4, 0.5) is 0 Å². The van der Waals surface area contributed by atoms with Crippen LogP contribution in [0.1, 0.15) is 96.8 Å². The minimum atomic E-state index is -0.0733. The molecular formula is C19H36BrNO2. The molecule has 1 aliphatic heterocycles. The Bertz CT molecular complexity index is 312. The normalized spacial score (nSPS) is 21.7. The van der Waals surface area contributed by atoms with Gasteiger partial charge in [-0.05, 0) is 32.1 Å². The number of rotatable bonds is 13. The molecule has 1 fully saturated rings. The van der Waals surface area contributed by atoms with Crippen LogP contribution in [0, 0.1) is 0 Å². The summed E-state index contributed by atoms with van der Waals surface area (Å²) in [4.78, 5) is 11.0. The molecule has 1 aliphatic rings. The molecule has 0 aromatic heterocycles. The Morgan fingerprint density at radius 2 is 1.48 bits per heavy atom. The number of ether oxygens (including phenoxy) is 1. The molecule has 136 valence electrons. The van der Waals surface area contributed by atoms with Gasteiger partial charge in [0.2, 0.25) is 0 Å². The van der Waals surface area contributed by atoms with E-state index in [1.807, 2.05) is 0 Å². The molecule has 0 aromatic carbocycles. The molecule has 0 amide bonds. The Kier molecular flexibility index (Phi) is 12.1. The Labute approximate surface area is 151 Å². The van der Waals surface area contributed by atoms with Crippen molar-refractivity contribution in [3.63, 3.8) is 0 Å². The minimum absolute atomic E-state index is 0.0733. The lowest BCUT2D eigenvalue weighted by atomic mass is 10.0. The third-order valence-electron chi connectivity index (χ3n) is 5.07. The molecule has 1 rings (SSSR count). The molecule has 3 nitrogen and oxygen atoms in total. The Hall–Kier alpha value is -0.0900. The van der Waals surface area contributed by atoms with E-state index in [-0.39, 0.29) is 5.97 Å². The lowest BCUT2D eigenvalue weighted by Crippen LogP contribution is -2.26. The number of carbonyl (C=O) groups is 1. The van der Waals surface area contributed by atoms with E-state index in [0.29, 0.717) is 6.42 Å². The predicted molar refractivity (Wildman–Crippen MR) is 101 cm³/mol. The van der Waals surface area contributed by atoms with Gasteiger partial charge in [0.1, 0.15) is 0 Å². The molecular weight excluding hydrogens is 354 g/mol. The maximum absolute atomic E-state index is 11.0. The first kappa shape index (κ1) is 21.0. The number of halogens is 1. The molecule has 0 bridgehead atoms. The van der Waals surface area contributed by atoms with Gasteiger partial charge in [-0.25, -0.2) is 3.93 Å². The molecule has 0 aromatic rings. The highest BCUT2D eigenvalue weighted by atomic mass is 79.9. The fourth-order valence-corrected chi connectivity index (χ4v) is 4.37. The van der Waals surface area contributed by atoms with Gasteiger partial charge in [-0.15, -0.1) is 0 Å². The lowest BCUT2D eigenvalue weighted by molar-refractivity contribution is -0.140. The van der Waals surface area contributed by atoms with Crippen LogP contribution in [0.3, 0.4) is 0 Å². The van der Waals surface area contributed by atoms with Crippen molar-refractivity contribution in [3.8, 4) is 0 Å². The Balaban J connectivity index is 2.00. The van der Waals surface area contributed by atoms with Crippen molar-refractivity contribution in [1.82, 2.24) is 3.93 Å². The molecule has 0 aliphatic carbocycles. The molecule has 4 heteroatoms. The van der Waals surface area contributed by atoms with Gasteiger partial charge in [-0.2, -0.15) is 0 Å². The van der Waals surface area contributed by atoms with E-state index in [9.17, 15) is 4.79 Å². The number of nitrogens with zero attached hydrogens (tertiary/aromatic N) is 1. The highest BCUT2D eigenvalue weighted by molar-refractivity contribution is 9.07. The minimum Gasteiger partial charge on any atom is -0.469 e. The van der Waals surface area contributed by atoms with Crippen LogP contribution in [0.15, 0.2) is 0 Å². The van der Waals surface area contributed by atoms with E-state index in [4.69, 9.17) is 0 Å². The lowest BCUT2D eigenvalue weighted by Gasteiger charge is -2.23. The summed E-state index contributed by atoms with van der Waals surface area (Å²) in [5.41, 5.74) is 0. The molecule has 2 atom stereocenters. The first-order valence-corrected chi connectivity index (χ1v) is 10.4. The summed E-state index contributed by atoms with van der Waals surface area (Å²) in [7, 11) is 1.47. The summed E-state index contributed by atoms with van der Waals surface area (Å²) in [6, 6.07) is 1.50. The van der Waals surface area contributed by atoms with E-state index in [1.165, 1.54) is 77.7 Å². The molecule has 0 saturated carbocycles. The van der Waals surface area contributed by atoms with Crippen molar-refractivity contribution in [3.05, 3.63) is 0 Å². The van der Waals surface area contributed by atoms with Gasteiger partial charge in [0, 0.05) is 34.7 Å². The maximum atomic E-state index is 11.0. The number of hydrogen-bond acceptors (Lipinski definition) is 3. The van der Waals surface area contributed by atoms with Crippen LogP contribution in [0.25, 0.3) is 0 Å². The quantitative estimate of drug-likeness (QED) is 0.219. The van der Waals surface area contributed by atoms with E-state index in [1.54, 1.807) is 0 Å². The number of methoxy groups -OCH3 is 1. The zero-order chi connectivity index (χ0) is 16.9. The third-order valence-corrected chi connectivity index (χ3v) is 6.23. The average Bonchev–Trinajstić information content (AvgIpc) is 2.91. The molecule has 2 unspecified atom stereocenters. The SMILES string of the molecule is CCCCCCC1CCC(CCCCCCCC(=O)OC)N1Br. The van der Waals surface area contributed by atoms with Crippen LogP contribution < -0.4 is 0 Å². The summed E-state index contributed by atoms with van der Waals surface area (Å²) in [6.07, 6.45) is 17.4. The molecule has 23 heavy (non-hydrogen) atoms. The number of unbranched alkanes of at least 4 members (excludes halogenated alkanes) is 7. The summed E-state index contributed by atoms with van der Waals surface area (Å²) < 4.78 is 7.14. The fourth-order valence-electron chi connectivity index (χ4n) is 3.55. The van der Waals surface area contributed by atoms with Crippen molar-refractivity contribution in [1.29, 1.82) is 0 Å². The second-order valence-electron chi connectivity index (χ2n) is 6.96. The van der Waals surface area contributed by atoms with Crippen LogP contribution in [-0.2, 0) is 9.53 Å². The van der Waals surface area contributed by atoms with Gasteiger partial charge < -0.3 is 4.74 Å². The second kappa shape index (κ2) is 13.2. The zero-order valence-corrected chi connectivity index (χ0v) is 16.8. The Morgan fingerprint density at radius 3 is 2.04 bits per heavy atom. The van der Waals surface area contributed by atoms with Crippen molar-refractivity contribution < 1.29 is 9.53 Å². The van der Waals surface area contributed by atoms with E-state index < -0.39 is 0 Å². The highest BCUT2D eigenvalue weighted by Gasteiger charge is 2.30. The predicted octanol–water partition coefficient (Wildman–Crippen LogP) is 6.00. The van der Waals surface area contributed by atoms with Crippen molar-refractivity contribution in [2.45, 2.75) is 109 Å². The van der Waals surface area contributed by atoms with Gasteiger partial charge in [0.05, 0.1) is 7.11 Å². The van der Waals surface area contributed by atoms with Crippen LogP contribution in [0.5, 0.6) is 0 Å². The molecule has 1 saturated heterocycles. The van der Waals surface area contributed by atoms with Gasteiger partial charge in [-0.3, -0.25) is 4.79 Å². The van der Waals surface area contributed by atoms with Gasteiger partial charge in [0.15, 0.2) is 0 Å². The fraction of sp³-hybridized carbons (Fsp3) is 0.947. The van der Waals surface area contributed by atoms with E-state index in [2.05, 4.69) is 31.7 Å². The first-order chi connectivity index (χ1) is 11.2. The topological polar surface area (TPSA) is 29.5 Å². The highest BCUT2D eigenvalue weighted by Crippen LogP contribution is 2.33. The monoisotopic (exact) mass is 389 g/mol. The van der Waals surface area contributed by atoms with Gasteiger partial charge in [0.25, 0.3) is 0 Å². The van der Waals surface area contributed by atoms with Crippen molar-refractivity contribution >= 4 is 22.1 Å². The van der Waals surface area contributed by atoms with Crippen LogP contribution in [0.2, 0.25) is 0 Å². The first-order valence-electron chi connectivity index (χ1n) is 9.70. The maximum Gasteiger partial charge on any atom is 0.305 e. The number of hydrogen-bond donors (Lipinski definition) is 0. The third kappa shape index (κ3) is 9.09. The number of esters is 1. The molecule has 1 heterocycles. The van der Waals surface area contributed by atoms with Crippen molar-refractivity contribution in [2.24, 2.45) is 0 Å². The van der Waals surface area contributed by atoms with Gasteiger partial charge in [-0.1, -0.05) is 58.3 Å².